The van der Waals surface area contributed by atoms with Crippen LogP contribution in [0.3, 0.4) is 0 Å². The van der Waals surface area contributed by atoms with E-state index in [4.69, 9.17) is 4.99 Å². The molecule has 142 valence electrons. The van der Waals surface area contributed by atoms with Crippen molar-refractivity contribution in [2.45, 2.75) is 39.0 Å². The van der Waals surface area contributed by atoms with Gasteiger partial charge in [0.1, 0.15) is 0 Å². The molecule has 0 radical (unpaired) electrons. The minimum Gasteiger partial charge on any atom is -0.371 e. The van der Waals surface area contributed by atoms with E-state index in [-0.39, 0.29) is 0 Å². The molecule has 1 aliphatic carbocycles. The van der Waals surface area contributed by atoms with Crippen LogP contribution in [0, 0.1) is 17.8 Å². The number of benzene rings is 1. The highest BCUT2D eigenvalue weighted by Crippen LogP contribution is 2.36. The number of likely N-dealkylation sites (tertiary alicyclic amines) is 1. The van der Waals surface area contributed by atoms with Gasteiger partial charge in [-0.15, -0.1) is 0 Å². The smallest absolute Gasteiger partial charge is 0.193 e. The minimum atomic E-state index is 0.675. The predicted octanol–water partition coefficient (Wildman–Crippen LogP) is 3.60. The molecule has 1 N–H and O–H groups in total. The molecule has 2 aliphatic heterocycles. The number of hydrogen-bond acceptors (Lipinski definition) is 2. The predicted molar refractivity (Wildman–Crippen MR) is 110 cm³/mol. The Morgan fingerprint density at radius 3 is 2.46 bits per heavy atom. The summed E-state index contributed by atoms with van der Waals surface area (Å²) >= 11 is 0. The maximum atomic E-state index is 5.07. The highest BCUT2D eigenvalue weighted by atomic mass is 15.3. The average molecular weight is 355 g/mol. The Balaban J connectivity index is 1.35. The van der Waals surface area contributed by atoms with Crippen molar-refractivity contribution >= 4 is 11.6 Å². The van der Waals surface area contributed by atoms with Crippen LogP contribution in [-0.4, -0.2) is 50.1 Å². The fourth-order valence-electron chi connectivity index (χ4n) is 5.08. The lowest BCUT2D eigenvalue weighted by Gasteiger charge is -2.22. The van der Waals surface area contributed by atoms with Crippen LogP contribution < -0.4 is 10.2 Å². The highest BCUT2D eigenvalue weighted by Gasteiger charge is 2.35. The number of guanidine groups is 1. The number of rotatable bonds is 4. The number of hydrogen-bond donors (Lipinski definition) is 1. The molecule has 0 spiro atoms. The van der Waals surface area contributed by atoms with Crippen molar-refractivity contribution in [3.63, 3.8) is 0 Å². The molecule has 2 saturated heterocycles. The molecular formula is C22H34N4. The average Bonchev–Trinajstić information content (AvgIpc) is 3.32. The first-order valence-corrected chi connectivity index (χ1v) is 10.7. The van der Waals surface area contributed by atoms with E-state index in [0.717, 1.165) is 38.0 Å². The third kappa shape index (κ3) is 3.99. The van der Waals surface area contributed by atoms with Crippen LogP contribution in [0.25, 0.3) is 0 Å². The fraction of sp³-hybridized carbons (Fsp3) is 0.682. The maximum absolute atomic E-state index is 5.07. The molecule has 4 rings (SSSR count). The van der Waals surface area contributed by atoms with Crippen LogP contribution >= 0.6 is 0 Å². The Hall–Kier alpha value is -1.71. The number of para-hydroxylation sites is 1. The molecule has 2 heterocycles. The second kappa shape index (κ2) is 8.32. The lowest BCUT2D eigenvalue weighted by molar-refractivity contribution is 0.299. The van der Waals surface area contributed by atoms with Crippen LogP contribution in [0.4, 0.5) is 5.69 Å². The first-order valence-electron chi connectivity index (χ1n) is 10.7. The van der Waals surface area contributed by atoms with Gasteiger partial charge in [-0.25, -0.2) is 0 Å². The van der Waals surface area contributed by atoms with Gasteiger partial charge in [0.25, 0.3) is 0 Å². The number of fused-ring (bicyclic) bond motifs is 1. The summed E-state index contributed by atoms with van der Waals surface area (Å²) in [4.78, 5) is 10.1. The Labute approximate surface area is 158 Å². The molecule has 1 aromatic carbocycles. The van der Waals surface area contributed by atoms with Crippen molar-refractivity contribution < 1.29 is 0 Å². The van der Waals surface area contributed by atoms with Gasteiger partial charge in [-0.2, -0.15) is 0 Å². The van der Waals surface area contributed by atoms with Crippen molar-refractivity contribution in [2.75, 3.05) is 44.2 Å². The number of anilines is 1. The van der Waals surface area contributed by atoms with Gasteiger partial charge in [-0.1, -0.05) is 31.0 Å². The molecular weight excluding hydrogens is 320 g/mol. The Bertz CT molecular complexity index is 585. The summed E-state index contributed by atoms with van der Waals surface area (Å²) in [7, 11) is 0. The Morgan fingerprint density at radius 1 is 1.04 bits per heavy atom. The SMILES string of the molecule is CCNC(=NCC1CCN(c2ccccc2)C1)N1CC2CCCCC2C1. The number of nitrogens with one attached hydrogen (secondary N) is 1. The monoisotopic (exact) mass is 354 g/mol. The standard InChI is InChI=1S/C22H34N4/c1-2-23-22(26-16-19-8-6-7-9-20(19)17-26)24-14-18-12-13-25(15-18)21-10-4-3-5-11-21/h3-5,10-11,18-20H,2,6-9,12-17H2,1H3,(H,23,24). The van der Waals surface area contributed by atoms with Gasteiger partial charge in [0.15, 0.2) is 5.96 Å². The van der Waals surface area contributed by atoms with Crippen LogP contribution in [-0.2, 0) is 0 Å². The molecule has 3 atom stereocenters. The van der Waals surface area contributed by atoms with Gasteiger partial charge in [0.05, 0.1) is 0 Å². The molecule has 3 unspecified atom stereocenters. The molecule has 3 aliphatic rings. The molecule has 3 fully saturated rings. The molecule has 4 heteroatoms. The Kier molecular flexibility index (Phi) is 5.66. The second-order valence-corrected chi connectivity index (χ2v) is 8.34. The molecule has 0 bridgehead atoms. The highest BCUT2D eigenvalue weighted by molar-refractivity contribution is 5.80. The Morgan fingerprint density at radius 2 is 1.77 bits per heavy atom. The van der Waals surface area contributed by atoms with Gasteiger partial charge < -0.3 is 15.1 Å². The molecule has 1 aromatic rings. The molecule has 4 nitrogen and oxygen atoms in total. The third-order valence-electron chi connectivity index (χ3n) is 6.52. The molecule has 26 heavy (non-hydrogen) atoms. The summed E-state index contributed by atoms with van der Waals surface area (Å²) in [5.74, 6) is 3.66. The van der Waals surface area contributed by atoms with E-state index < -0.39 is 0 Å². The quantitative estimate of drug-likeness (QED) is 0.662. The zero-order chi connectivity index (χ0) is 17.8. The van der Waals surface area contributed by atoms with Crippen LogP contribution in [0.15, 0.2) is 35.3 Å². The van der Waals surface area contributed by atoms with Gasteiger partial charge in [0.2, 0.25) is 0 Å². The van der Waals surface area contributed by atoms with Crippen molar-refractivity contribution in [3.8, 4) is 0 Å². The van der Waals surface area contributed by atoms with E-state index in [2.05, 4.69) is 52.4 Å². The van der Waals surface area contributed by atoms with Gasteiger partial charge in [0, 0.05) is 45.0 Å². The van der Waals surface area contributed by atoms with Gasteiger partial charge in [-0.3, -0.25) is 4.99 Å². The molecule has 1 saturated carbocycles. The second-order valence-electron chi connectivity index (χ2n) is 8.34. The summed E-state index contributed by atoms with van der Waals surface area (Å²) in [6.45, 7) is 8.84. The van der Waals surface area contributed by atoms with Crippen molar-refractivity contribution in [1.82, 2.24) is 10.2 Å². The van der Waals surface area contributed by atoms with E-state index in [1.54, 1.807) is 0 Å². The fourth-order valence-corrected chi connectivity index (χ4v) is 5.08. The van der Waals surface area contributed by atoms with Crippen LogP contribution in [0.5, 0.6) is 0 Å². The zero-order valence-corrected chi connectivity index (χ0v) is 16.2. The summed E-state index contributed by atoms with van der Waals surface area (Å²) < 4.78 is 0. The van der Waals surface area contributed by atoms with Gasteiger partial charge >= 0.3 is 0 Å². The van der Waals surface area contributed by atoms with E-state index >= 15 is 0 Å². The van der Waals surface area contributed by atoms with Crippen molar-refractivity contribution in [2.24, 2.45) is 22.7 Å². The van der Waals surface area contributed by atoms with Gasteiger partial charge in [-0.05, 0) is 56.1 Å². The van der Waals surface area contributed by atoms with Crippen molar-refractivity contribution in [3.05, 3.63) is 30.3 Å². The number of aliphatic imine (C=N–C) groups is 1. The summed E-state index contributed by atoms with van der Waals surface area (Å²) in [5.41, 5.74) is 1.36. The van der Waals surface area contributed by atoms with E-state index in [1.807, 2.05) is 0 Å². The minimum absolute atomic E-state index is 0.675. The first-order chi connectivity index (χ1) is 12.8. The van der Waals surface area contributed by atoms with Crippen LogP contribution in [0.2, 0.25) is 0 Å². The molecule has 0 aromatic heterocycles. The normalized spacial score (nSPS) is 29.1. The van der Waals surface area contributed by atoms with E-state index in [9.17, 15) is 0 Å². The maximum Gasteiger partial charge on any atom is 0.193 e. The third-order valence-corrected chi connectivity index (χ3v) is 6.52. The lowest BCUT2D eigenvalue weighted by atomic mass is 9.82. The summed E-state index contributed by atoms with van der Waals surface area (Å²) in [6.07, 6.45) is 6.97. The summed E-state index contributed by atoms with van der Waals surface area (Å²) in [6, 6.07) is 10.8. The van der Waals surface area contributed by atoms with Crippen molar-refractivity contribution in [1.29, 1.82) is 0 Å². The topological polar surface area (TPSA) is 30.9 Å². The lowest BCUT2D eigenvalue weighted by Crippen LogP contribution is -2.40. The van der Waals surface area contributed by atoms with E-state index in [1.165, 1.54) is 56.8 Å². The largest absolute Gasteiger partial charge is 0.371 e. The van der Waals surface area contributed by atoms with Crippen LogP contribution in [0.1, 0.15) is 39.0 Å². The first kappa shape index (κ1) is 17.7. The summed E-state index contributed by atoms with van der Waals surface area (Å²) in [5, 5.41) is 3.56. The molecule has 0 amide bonds. The van der Waals surface area contributed by atoms with E-state index in [0.29, 0.717) is 5.92 Å². The zero-order valence-electron chi connectivity index (χ0n) is 16.2. The number of nitrogens with zero attached hydrogens (tertiary/aromatic N) is 3.